The van der Waals surface area contributed by atoms with Gasteiger partial charge in [-0.1, -0.05) is 56.3 Å². The van der Waals surface area contributed by atoms with Crippen LogP contribution in [0.5, 0.6) is 0 Å². The third-order valence-corrected chi connectivity index (χ3v) is 8.60. The highest BCUT2D eigenvalue weighted by molar-refractivity contribution is 6.09. The summed E-state index contributed by atoms with van der Waals surface area (Å²) in [5, 5.41) is 9.81. The molecule has 6 rings (SSSR count). The van der Waals surface area contributed by atoms with Gasteiger partial charge >= 0.3 is 0 Å². The lowest BCUT2D eigenvalue weighted by Crippen LogP contribution is -2.35. The number of benzene rings is 3. The van der Waals surface area contributed by atoms with Gasteiger partial charge < -0.3 is 16.0 Å². The lowest BCUT2D eigenvalue weighted by Gasteiger charge is -2.43. The smallest absolute Gasteiger partial charge is 0.255 e. The van der Waals surface area contributed by atoms with E-state index in [1.807, 2.05) is 18.2 Å². The average molecular weight is 494 g/mol. The fourth-order valence-electron chi connectivity index (χ4n) is 6.99. The maximum Gasteiger partial charge on any atom is 0.255 e. The number of carbonyl (C=O) groups excluding carboxylic acids is 2. The van der Waals surface area contributed by atoms with Crippen molar-refractivity contribution in [2.75, 3.05) is 17.2 Å². The molecule has 5 heteroatoms. The molecule has 190 valence electrons. The van der Waals surface area contributed by atoms with Crippen molar-refractivity contribution in [3.63, 3.8) is 0 Å². The first kappa shape index (κ1) is 23.8. The molecule has 5 atom stereocenters. The minimum Gasteiger partial charge on any atom is -0.378 e. The molecule has 1 aliphatic heterocycles. The number of amides is 2. The number of fused-ring (bicyclic) bond motifs is 7. The summed E-state index contributed by atoms with van der Waals surface area (Å²) >= 11 is 0. The highest BCUT2D eigenvalue weighted by Gasteiger charge is 2.53. The van der Waals surface area contributed by atoms with E-state index < -0.39 is 0 Å². The highest BCUT2D eigenvalue weighted by Crippen LogP contribution is 2.63. The van der Waals surface area contributed by atoms with Crippen LogP contribution >= 0.6 is 0 Å². The lowest BCUT2D eigenvalue weighted by atomic mass is 9.68. The normalized spacial score (nSPS) is 25.2. The maximum absolute atomic E-state index is 13.4. The Labute approximate surface area is 219 Å². The van der Waals surface area contributed by atoms with Crippen molar-refractivity contribution >= 4 is 23.2 Å². The first-order valence-electron chi connectivity index (χ1n) is 13.6. The van der Waals surface area contributed by atoms with Gasteiger partial charge in [-0.2, -0.15) is 0 Å². The van der Waals surface area contributed by atoms with Crippen molar-refractivity contribution in [1.29, 1.82) is 0 Å². The van der Waals surface area contributed by atoms with Gasteiger partial charge in [0, 0.05) is 17.8 Å². The second kappa shape index (κ2) is 9.70. The molecule has 2 fully saturated rings. The van der Waals surface area contributed by atoms with Crippen molar-refractivity contribution < 1.29 is 9.59 Å². The van der Waals surface area contributed by atoms with Gasteiger partial charge in [-0.3, -0.25) is 9.59 Å². The fourth-order valence-corrected chi connectivity index (χ4v) is 6.99. The summed E-state index contributed by atoms with van der Waals surface area (Å²) in [6.45, 7) is 4.71. The maximum atomic E-state index is 13.4. The van der Waals surface area contributed by atoms with Gasteiger partial charge in [-0.15, -0.1) is 0 Å². The summed E-state index contributed by atoms with van der Waals surface area (Å²) in [6.07, 6.45) is 3.87. The molecule has 2 aliphatic carbocycles. The van der Waals surface area contributed by atoms with Gasteiger partial charge in [-0.05, 0) is 90.3 Å². The van der Waals surface area contributed by atoms with Crippen LogP contribution in [0.2, 0.25) is 0 Å². The van der Waals surface area contributed by atoms with Gasteiger partial charge in [0.2, 0.25) is 0 Å². The van der Waals surface area contributed by atoms with E-state index in [-0.39, 0.29) is 11.8 Å². The first-order valence-corrected chi connectivity index (χ1v) is 13.6. The third kappa shape index (κ3) is 4.41. The molecular weight excluding hydrogens is 458 g/mol. The summed E-state index contributed by atoms with van der Waals surface area (Å²) in [5.74, 6) is 2.44. The Hall–Kier alpha value is -3.60. The molecular formula is C32H35N3O2. The predicted octanol–water partition coefficient (Wildman–Crippen LogP) is 6.62. The lowest BCUT2D eigenvalue weighted by molar-refractivity contribution is 0.0950. The number of para-hydroxylation sites is 1. The van der Waals surface area contributed by atoms with Crippen LogP contribution in [-0.2, 0) is 0 Å². The summed E-state index contributed by atoms with van der Waals surface area (Å²) in [6, 6.07) is 24.4. The molecule has 0 aromatic heterocycles. The minimum atomic E-state index is -0.184. The molecule has 2 bridgehead atoms. The van der Waals surface area contributed by atoms with Crippen LogP contribution in [0.4, 0.5) is 11.4 Å². The van der Waals surface area contributed by atoms with Crippen LogP contribution in [0.15, 0.2) is 72.8 Å². The summed E-state index contributed by atoms with van der Waals surface area (Å²) < 4.78 is 0. The molecule has 0 radical (unpaired) electrons. The zero-order chi connectivity index (χ0) is 25.5. The van der Waals surface area contributed by atoms with Crippen LogP contribution in [-0.4, -0.2) is 18.4 Å². The zero-order valence-electron chi connectivity index (χ0n) is 21.5. The van der Waals surface area contributed by atoms with Crippen molar-refractivity contribution in [2.24, 2.45) is 23.7 Å². The first-order chi connectivity index (χ1) is 18.0. The Morgan fingerprint density at radius 3 is 2.49 bits per heavy atom. The van der Waals surface area contributed by atoms with E-state index in [4.69, 9.17) is 0 Å². The van der Waals surface area contributed by atoms with Crippen molar-refractivity contribution in [2.45, 2.75) is 45.1 Å². The average Bonchev–Trinajstić information content (AvgIpc) is 3.55. The quantitative estimate of drug-likeness (QED) is 0.361. The van der Waals surface area contributed by atoms with E-state index in [0.717, 1.165) is 11.6 Å². The monoisotopic (exact) mass is 493 g/mol. The van der Waals surface area contributed by atoms with Crippen LogP contribution in [0.25, 0.3) is 0 Å². The van der Waals surface area contributed by atoms with E-state index in [1.54, 1.807) is 12.1 Å². The van der Waals surface area contributed by atoms with Gasteiger partial charge in [0.15, 0.2) is 0 Å². The molecule has 3 N–H and O–H groups in total. The topological polar surface area (TPSA) is 70.2 Å². The largest absolute Gasteiger partial charge is 0.378 e. The van der Waals surface area contributed by atoms with Crippen LogP contribution in [0, 0.1) is 23.7 Å². The molecule has 1 heterocycles. The standard InChI is InChI=1S/C32H35N3O2/c1-19(2)18-33-32(37)24-10-6-7-11-26(24)35-31(36)23-14-15-27-25(17-23)28-21-12-13-22(16-21)29(28)30(34-27)20-8-4-3-5-9-20/h3-11,14-15,17,19,21-22,28-30,34H,12-13,16,18H2,1-2H3,(H,33,37)(H,35,36)/t21-,22-,28-,29+,30-/m0/s1. The number of hydrogen-bond acceptors (Lipinski definition) is 3. The van der Waals surface area contributed by atoms with Crippen molar-refractivity contribution in [1.82, 2.24) is 5.32 Å². The molecule has 3 aromatic rings. The molecule has 2 amide bonds. The van der Waals surface area contributed by atoms with E-state index >= 15 is 0 Å². The second-order valence-corrected chi connectivity index (χ2v) is 11.4. The van der Waals surface area contributed by atoms with Crippen LogP contribution in [0.1, 0.15) is 76.9 Å². The van der Waals surface area contributed by atoms with Crippen LogP contribution < -0.4 is 16.0 Å². The van der Waals surface area contributed by atoms with E-state index in [2.05, 4.69) is 72.3 Å². The Morgan fingerprint density at radius 2 is 1.68 bits per heavy atom. The Kier molecular flexibility index (Phi) is 6.23. The van der Waals surface area contributed by atoms with Gasteiger partial charge in [0.05, 0.1) is 17.3 Å². The molecule has 0 spiro atoms. The Bertz CT molecular complexity index is 1320. The number of hydrogen-bond donors (Lipinski definition) is 3. The Morgan fingerprint density at radius 1 is 0.919 bits per heavy atom. The number of nitrogens with one attached hydrogen (secondary N) is 3. The summed E-state index contributed by atoms with van der Waals surface area (Å²) in [5.41, 5.74) is 5.43. The van der Waals surface area contributed by atoms with Gasteiger partial charge in [0.25, 0.3) is 11.8 Å². The minimum absolute atomic E-state index is 0.170. The number of rotatable bonds is 6. The van der Waals surface area contributed by atoms with Crippen molar-refractivity contribution in [3.05, 3.63) is 95.1 Å². The number of carbonyl (C=O) groups is 2. The molecule has 2 saturated carbocycles. The molecule has 0 unspecified atom stereocenters. The second-order valence-electron chi connectivity index (χ2n) is 11.4. The van der Waals surface area contributed by atoms with Gasteiger partial charge in [-0.25, -0.2) is 0 Å². The molecule has 5 nitrogen and oxygen atoms in total. The van der Waals surface area contributed by atoms with E-state index in [9.17, 15) is 9.59 Å². The van der Waals surface area contributed by atoms with Crippen molar-refractivity contribution in [3.8, 4) is 0 Å². The molecule has 3 aliphatic rings. The number of anilines is 2. The zero-order valence-corrected chi connectivity index (χ0v) is 21.5. The fraction of sp³-hybridized carbons (Fsp3) is 0.375. The third-order valence-electron chi connectivity index (χ3n) is 8.60. The van der Waals surface area contributed by atoms with E-state index in [1.165, 1.54) is 30.4 Å². The molecule has 3 aromatic carbocycles. The molecule has 37 heavy (non-hydrogen) atoms. The van der Waals surface area contributed by atoms with E-state index in [0.29, 0.717) is 53.1 Å². The Balaban J connectivity index is 1.28. The summed E-state index contributed by atoms with van der Waals surface area (Å²) in [4.78, 5) is 26.2. The predicted molar refractivity (Wildman–Crippen MR) is 148 cm³/mol. The highest BCUT2D eigenvalue weighted by atomic mass is 16.2. The van der Waals surface area contributed by atoms with Gasteiger partial charge in [0.1, 0.15) is 0 Å². The SMILES string of the molecule is CC(C)CNC(=O)c1ccccc1NC(=O)c1ccc2c(c1)[C@@H]1[C@H]3CC[C@@H](C3)[C@H]1[C@H](c1ccccc1)N2. The van der Waals surface area contributed by atoms with Crippen LogP contribution in [0.3, 0.4) is 0 Å². The summed E-state index contributed by atoms with van der Waals surface area (Å²) in [7, 11) is 0. The molecule has 0 saturated heterocycles.